The van der Waals surface area contributed by atoms with Crippen molar-refractivity contribution in [3.63, 3.8) is 0 Å². The molecule has 0 spiro atoms. The summed E-state index contributed by atoms with van der Waals surface area (Å²) in [5, 5.41) is 8.75. The number of rotatable bonds is 5. The SMILES string of the molecule is CC(C)Oc1ccccc1CC(N)C(=O)O. The average molecular weight is 223 g/mol. The number of para-hydroxylation sites is 1. The van der Waals surface area contributed by atoms with Gasteiger partial charge in [0, 0.05) is 6.42 Å². The van der Waals surface area contributed by atoms with Crippen molar-refractivity contribution in [1.82, 2.24) is 0 Å². The van der Waals surface area contributed by atoms with E-state index in [1.54, 1.807) is 0 Å². The number of carboxylic acids is 1. The standard InChI is InChI=1S/C12H17NO3/c1-8(2)16-11-6-4-3-5-9(11)7-10(13)12(14)15/h3-6,8,10H,7,13H2,1-2H3,(H,14,15). The third kappa shape index (κ3) is 3.55. The van der Waals surface area contributed by atoms with E-state index < -0.39 is 12.0 Å². The number of carbonyl (C=O) groups is 1. The molecule has 0 fully saturated rings. The molecule has 0 aliphatic rings. The van der Waals surface area contributed by atoms with Crippen molar-refractivity contribution in [3.05, 3.63) is 29.8 Å². The molecular formula is C12H17NO3. The van der Waals surface area contributed by atoms with Gasteiger partial charge in [0.05, 0.1) is 6.10 Å². The maximum absolute atomic E-state index is 10.7. The zero-order valence-corrected chi connectivity index (χ0v) is 9.51. The van der Waals surface area contributed by atoms with Crippen LogP contribution < -0.4 is 10.5 Å². The second-order valence-corrected chi connectivity index (χ2v) is 3.92. The molecule has 0 aromatic heterocycles. The Morgan fingerprint density at radius 1 is 1.44 bits per heavy atom. The van der Waals surface area contributed by atoms with Crippen molar-refractivity contribution in [3.8, 4) is 5.75 Å². The molecule has 0 amide bonds. The van der Waals surface area contributed by atoms with Gasteiger partial charge >= 0.3 is 5.97 Å². The van der Waals surface area contributed by atoms with Gasteiger partial charge in [-0.2, -0.15) is 0 Å². The smallest absolute Gasteiger partial charge is 0.320 e. The first-order valence-electron chi connectivity index (χ1n) is 5.23. The molecule has 4 nitrogen and oxygen atoms in total. The first-order valence-corrected chi connectivity index (χ1v) is 5.23. The van der Waals surface area contributed by atoms with Crippen molar-refractivity contribution in [2.45, 2.75) is 32.4 Å². The third-order valence-electron chi connectivity index (χ3n) is 2.09. The molecule has 1 aromatic carbocycles. The van der Waals surface area contributed by atoms with Gasteiger partial charge < -0.3 is 15.6 Å². The minimum Gasteiger partial charge on any atom is -0.491 e. The van der Waals surface area contributed by atoms with Gasteiger partial charge in [-0.15, -0.1) is 0 Å². The second-order valence-electron chi connectivity index (χ2n) is 3.92. The Balaban J connectivity index is 2.82. The molecule has 16 heavy (non-hydrogen) atoms. The first-order chi connectivity index (χ1) is 7.50. The summed E-state index contributed by atoms with van der Waals surface area (Å²) in [6.45, 7) is 3.85. The molecule has 0 radical (unpaired) electrons. The van der Waals surface area contributed by atoms with Crippen LogP contribution in [-0.2, 0) is 11.2 Å². The Morgan fingerprint density at radius 2 is 2.06 bits per heavy atom. The van der Waals surface area contributed by atoms with E-state index in [4.69, 9.17) is 15.6 Å². The summed E-state index contributed by atoms with van der Waals surface area (Å²) in [7, 11) is 0. The summed E-state index contributed by atoms with van der Waals surface area (Å²) in [5.41, 5.74) is 6.32. The topological polar surface area (TPSA) is 72.5 Å². The molecule has 4 heteroatoms. The number of carboxylic acid groups (broad SMARTS) is 1. The minimum atomic E-state index is -1.00. The van der Waals surface area contributed by atoms with Gasteiger partial charge in [0.2, 0.25) is 0 Å². The summed E-state index contributed by atoms with van der Waals surface area (Å²) in [6.07, 6.45) is 0.334. The van der Waals surface area contributed by atoms with E-state index >= 15 is 0 Å². The molecule has 1 atom stereocenters. The quantitative estimate of drug-likeness (QED) is 0.792. The molecule has 0 aliphatic carbocycles. The van der Waals surface area contributed by atoms with Gasteiger partial charge in [-0.05, 0) is 25.5 Å². The average Bonchev–Trinajstić information content (AvgIpc) is 2.20. The molecule has 0 saturated carbocycles. The summed E-state index contributed by atoms with van der Waals surface area (Å²) in [4.78, 5) is 10.7. The van der Waals surface area contributed by atoms with Crippen LogP contribution in [0.1, 0.15) is 19.4 Å². The van der Waals surface area contributed by atoms with Crippen LogP contribution in [0.5, 0.6) is 5.75 Å². The van der Waals surface area contributed by atoms with Gasteiger partial charge in [0.1, 0.15) is 11.8 Å². The number of aliphatic carboxylic acids is 1. The van der Waals surface area contributed by atoms with E-state index in [1.807, 2.05) is 38.1 Å². The largest absolute Gasteiger partial charge is 0.491 e. The summed E-state index contributed by atoms with van der Waals surface area (Å²) >= 11 is 0. The number of hydrogen-bond donors (Lipinski definition) is 2. The fourth-order valence-electron chi connectivity index (χ4n) is 1.37. The van der Waals surface area contributed by atoms with E-state index in [2.05, 4.69) is 0 Å². The van der Waals surface area contributed by atoms with Crippen LogP contribution in [0.3, 0.4) is 0 Å². The van der Waals surface area contributed by atoms with E-state index in [0.29, 0.717) is 5.75 Å². The highest BCUT2D eigenvalue weighted by Gasteiger charge is 2.15. The van der Waals surface area contributed by atoms with Gasteiger partial charge in [-0.1, -0.05) is 18.2 Å². The summed E-state index contributed by atoms with van der Waals surface area (Å²) in [5.74, 6) is -0.298. The molecular weight excluding hydrogens is 206 g/mol. The molecule has 1 aromatic rings. The van der Waals surface area contributed by atoms with Gasteiger partial charge in [-0.3, -0.25) is 4.79 Å². The van der Waals surface area contributed by atoms with E-state index in [-0.39, 0.29) is 12.5 Å². The van der Waals surface area contributed by atoms with Gasteiger partial charge in [0.15, 0.2) is 0 Å². The molecule has 0 saturated heterocycles. The second kappa shape index (κ2) is 5.51. The van der Waals surface area contributed by atoms with E-state index in [9.17, 15) is 4.79 Å². The molecule has 88 valence electrons. The van der Waals surface area contributed by atoms with Crippen LogP contribution in [0.2, 0.25) is 0 Å². The Hall–Kier alpha value is -1.55. The Morgan fingerprint density at radius 3 is 2.62 bits per heavy atom. The monoisotopic (exact) mass is 223 g/mol. The Kier molecular flexibility index (Phi) is 4.31. The van der Waals surface area contributed by atoms with E-state index in [1.165, 1.54) is 0 Å². The minimum absolute atomic E-state index is 0.0576. The first kappa shape index (κ1) is 12.5. The van der Waals surface area contributed by atoms with Crippen LogP contribution in [0.4, 0.5) is 0 Å². The molecule has 0 bridgehead atoms. The van der Waals surface area contributed by atoms with Crippen LogP contribution >= 0.6 is 0 Å². The van der Waals surface area contributed by atoms with Crippen LogP contribution in [0, 0.1) is 0 Å². The van der Waals surface area contributed by atoms with Crippen LogP contribution in [0.15, 0.2) is 24.3 Å². The maximum atomic E-state index is 10.7. The molecule has 1 rings (SSSR count). The lowest BCUT2D eigenvalue weighted by atomic mass is 10.1. The van der Waals surface area contributed by atoms with Crippen LogP contribution in [-0.4, -0.2) is 23.2 Å². The normalized spacial score (nSPS) is 12.5. The Bertz CT molecular complexity index is 363. The van der Waals surface area contributed by atoms with Crippen LogP contribution in [0.25, 0.3) is 0 Å². The zero-order valence-electron chi connectivity index (χ0n) is 9.51. The van der Waals surface area contributed by atoms with Gasteiger partial charge in [0.25, 0.3) is 0 Å². The van der Waals surface area contributed by atoms with Crippen molar-refractivity contribution >= 4 is 5.97 Å². The fraction of sp³-hybridized carbons (Fsp3) is 0.417. The number of nitrogens with two attached hydrogens (primary N) is 1. The zero-order chi connectivity index (χ0) is 12.1. The number of benzene rings is 1. The number of hydrogen-bond acceptors (Lipinski definition) is 3. The predicted molar refractivity (Wildman–Crippen MR) is 61.5 cm³/mol. The van der Waals surface area contributed by atoms with Crippen molar-refractivity contribution in [2.75, 3.05) is 0 Å². The van der Waals surface area contributed by atoms with Crippen molar-refractivity contribution in [1.29, 1.82) is 0 Å². The molecule has 3 N–H and O–H groups in total. The molecule has 1 unspecified atom stereocenters. The maximum Gasteiger partial charge on any atom is 0.320 e. The summed E-state index contributed by atoms with van der Waals surface area (Å²) in [6, 6.07) is 6.46. The van der Waals surface area contributed by atoms with E-state index in [0.717, 1.165) is 5.56 Å². The van der Waals surface area contributed by atoms with Gasteiger partial charge in [-0.25, -0.2) is 0 Å². The summed E-state index contributed by atoms with van der Waals surface area (Å²) < 4.78 is 5.58. The van der Waals surface area contributed by atoms with Crippen molar-refractivity contribution < 1.29 is 14.6 Å². The highest BCUT2D eigenvalue weighted by molar-refractivity contribution is 5.73. The lowest BCUT2D eigenvalue weighted by Crippen LogP contribution is -2.32. The lowest BCUT2D eigenvalue weighted by Gasteiger charge is -2.15. The number of ether oxygens (including phenoxy) is 1. The predicted octanol–water partition coefficient (Wildman–Crippen LogP) is 1.43. The fourth-order valence-corrected chi connectivity index (χ4v) is 1.37. The molecule has 0 heterocycles. The third-order valence-corrected chi connectivity index (χ3v) is 2.09. The van der Waals surface area contributed by atoms with Crippen molar-refractivity contribution in [2.24, 2.45) is 5.73 Å². The lowest BCUT2D eigenvalue weighted by molar-refractivity contribution is -0.138. The molecule has 0 aliphatic heterocycles. The highest BCUT2D eigenvalue weighted by atomic mass is 16.5. The Labute approximate surface area is 95.0 Å². The highest BCUT2D eigenvalue weighted by Crippen LogP contribution is 2.20.